The van der Waals surface area contributed by atoms with Crippen LogP contribution in [-0.4, -0.2) is 42.2 Å². The number of methoxy groups -OCH3 is 1. The molecule has 0 fully saturated rings. The standard InChI is InChI=1S/C31H38N2O3S/c1-23(2)21-32-31(35)29(20-25-9-6-5-7-10-25)33(22-26-11-8-12-27(19-26)36-4)30(34)17-18-37-28-15-13-24(3)14-16-28/h5-16,19,23,29H,17-18,20-22H2,1-4H3,(H,32,35)/t29-/m1/s1. The third kappa shape index (κ3) is 9.29. The number of ether oxygens (including phenoxy) is 1. The molecule has 3 aromatic rings. The molecule has 0 aliphatic carbocycles. The number of amides is 2. The van der Waals surface area contributed by atoms with Gasteiger partial charge >= 0.3 is 0 Å². The highest BCUT2D eigenvalue weighted by molar-refractivity contribution is 7.99. The minimum absolute atomic E-state index is 0.0388. The number of nitrogens with zero attached hydrogens (tertiary/aromatic N) is 1. The molecule has 3 rings (SSSR count). The van der Waals surface area contributed by atoms with Crippen LogP contribution in [0.3, 0.4) is 0 Å². The van der Waals surface area contributed by atoms with Gasteiger partial charge in [0.25, 0.3) is 0 Å². The van der Waals surface area contributed by atoms with E-state index in [0.29, 0.717) is 37.6 Å². The van der Waals surface area contributed by atoms with Crippen LogP contribution < -0.4 is 10.1 Å². The Kier molecular flexibility index (Phi) is 11.1. The maximum atomic E-state index is 13.7. The lowest BCUT2D eigenvalue weighted by Gasteiger charge is -2.32. The Hall–Kier alpha value is -3.25. The lowest BCUT2D eigenvalue weighted by molar-refractivity contribution is -0.141. The van der Waals surface area contributed by atoms with E-state index in [1.54, 1.807) is 23.8 Å². The molecule has 0 aliphatic heterocycles. The van der Waals surface area contributed by atoms with Crippen LogP contribution in [0.4, 0.5) is 0 Å². The first-order valence-corrected chi connectivity index (χ1v) is 13.8. The van der Waals surface area contributed by atoms with Crippen LogP contribution in [0.5, 0.6) is 5.75 Å². The highest BCUT2D eigenvalue weighted by Crippen LogP contribution is 2.22. The van der Waals surface area contributed by atoms with Gasteiger partial charge in [-0.15, -0.1) is 11.8 Å². The third-order valence-corrected chi connectivity index (χ3v) is 7.06. The molecule has 1 atom stereocenters. The first-order valence-electron chi connectivity index (χ1n) is 12.8. The van der Waals surface area contributed by atoms with Gasteiger partial charge in [0.1, 0.15) is 11.8 Å². The second kappa shape index (κ2) is 14.5. The van der Waals surface area contributed by atoms with Gasteiger partial charge in [-0.25, -0.2) is 0 Å². The van der Waals surface area contributed by atoms with E-state index in [4.69, 9.17) is 4.74 Å². The van der Waals surface area contributed by atoms with Gasteiger partial charge in [0.15, 0.2) is 0 Å². The van der Waals surface area contributed by atoms with Crippen LogP contribution in [0.15, 0.2) is 83.8 Å². The molecular weight excluding hydrogens is 480 g/mol. The molecule has 2 amide bonds. The molecule has 1 N–H and O–H groups in total. The number of aryl methyl sites for hydroxylation is 1. The third-order valence-electron chi connectivity index (χ3n) is 6.05. The van der Waals surface area contributed by atoms with Crippen molar-refractivity contribution in [2.24, 2.45) is 5.92 Å². The zero-order valence-electron chi connectivity index (χ0n) is 22.3. The average molecular weight is 519 g/mol. The molecule has 196 valence electrons. The summed E-state index contributed by atoms with van der Waals surface area (Å²) in [5.74, 6) is 1.52. The molecule has 0 spiro atoms. The molecule has 0 aromatic heterocycles. The lowest BCUT2D eigenvalue weighted by atomic mass is 10.0. The van der Waals surface area contributed by atoms with Crippen LogP contribution in [0.25, 0.3) is 0 Å². The van der Waals surface area contributed by atoms with Gasteiger partial charge in [-0.05, 0) is 48.2 Å². The SMILES string of the molecule is COc1cccc(CN(C(=O)CCSc2ccc(C)cc2)[C@H](Cc2ccccc2)C(=O)NCC(C)C)c1. The normalized spacial score (nSPS) is 11.7. The lowest BCUT2D eigenvalue weighted by Crippen LogP contribution is -2.51. The molecule has 0 aliphatic rings. The first-order chi connectivity index (χ1) is 17.9. The van der Waals surface area contributed by atoms with Crippen molar-refractivity contribution in [3.8, 4) is 5.75 Å². The number of nitrogens with one attached hydrogen (secondary N) is 1. The van der Waals surface area contributed by atoms with Crippen molar-refractivity contribution in [1.29, 1.82) is 0 Å². The summed E-state index contributed by atoms with van der Waals surface area (Å²) in [6.45, 7) is 7.08. The minimum Gasteiger partial charge on any atom is -0.497 e. The van der Waals surface area contributed by atoms with Crippen LogP contribution in [-0.2, 0) is 22.6 Å². The molecule has 37 heavy (non-hydrogen) atoms. The number of thioether (sulfide) groups is 1. The quantitative estimate of drug-likeness (QED) is 0.286. The summed E-state index contributed by atoms with van der Waals surface area (Å²) in [6, 6.07) is 25.3. The molecule has 0 heterocycles. The summed E-state index contributed by atoms with van der Waals surface area (Å²) in [5, 5.41) is 3.07. The summed E-state index contributed by atoms with van der Waals surface area (Å²) in [5.41, 5.74) is 3.15. The summed E-state index contributed by atoms with van der Waals surface area (Å²) in [7, 11) is 1.63. The van der Waals surface area contributed by atoms with E-state index >= 15 is 0 Å². The van der Waals surface area contributed by atoms with Crippen molar-refractivity contribution >= 4 is 23.6 Å². The maximum absolute atomic E-state index is 13.7. The summed E-state index contributed by atoms with van der Waals surface area (Å²) >= 11 is 1.66. The zero-order valence-corrected chi connectivity index (χ0v) is 23.1. The predicted octanol–water partition coefficient (Wildman–Crippen LogP) is 5.90. The predicted molar refractivity (Wildman–Crippen MR) is 152 cm³/mol. The molecular formula is C31H38N2O3S. The van der Waals surface area contributed by atoms with Crippen molar-refractivity contribution in [3.63, 3.8) is 0 Å². The zero-order chi connectivity index (χ0) is 26.6. The van der Waals surface area contributed by atoms with Gasteiger partial charge in [0.05, 0.1) is 7.11 Å². The van der Waals surface area contributed by atoms with E-state index in [-0.39, 0.29) is 11.8 Å². The fourth-order valence-electron chi connectivity index (χ4n) is 3.98. The molecule has 3 aromatic carbocycles. The van der Waals surface area contributed by atoms with E-state index in [1.165, 1.54) is 5.56 Å². The Morgan fingerprint density at radius 3 is 2.32 bits per heavy atom. The van der Waals surface area contributed by atoms with Crippen LogP contribution >= 0.6 is 11.8 Å². The molecule has 0 bridgehead atoms. The van der Waals surface area contributed by atoms with Crippen molar-refractivity contribution in [2.75, 3.05) is 19.4 Å². The fourth-order valence-corrected chi connectivity index (χ4v) is 4.82. The topological polar surface area (TPSA) is 58.6 Å². The van der Waals surface area contributed by atoms with Gasteiger partial charge in [-0.1, -0.05) is 74.0 Å². The monoisotopic (exact) mass is 518 g/mol. The van der Waals surface area contributed by atoms with E-state index in [0.717, 1.165) is 21.8 Å². The van der Waals surface area contributed by atoms with Gasteiger partial charge in [0, 0.05) is 36.6 Å². The number of carbonyl (C=O) groups is 2. The molecule has 5 nitrogen and oxygen atoms in total. The van der Waals surface area contributed by atoms with Gasteiger partial charge in [0.2, 0.25) is 11.8 Å². The van der Waals surface area contributed by atoms with E-state index in [1.807, 2.05) is 54.6 Å². The van der Waals surface area contributed by atoms with Gasteiger partial charge in [-0.3, -0.25) is 9.59 Å². The van der Waals surface area contributed by atoms with Crippen molar-refractivity contribution in [1.82, 2.24) is 10.2 Å². The van der Waals surface area contributed by atoms with Crippen LogP contribution in [0, 0.1) is 12.8 Å². The molecule has 0 saturated heterocycles. The van der Waals surface area contributed by atoms with Gasteiger partial charge < -0.3 is 15.0 Å². The average Bonchev–Trinajstić information content (AvgIpc) is 2.91. The summed E-state index contributed by atoms with van der Waals surface area (Å²) in [6.07, 6.45) is 0.789. The number of carbonyl (C=O) groups excluding carboxylic acids is 2. The molecule has 0 unspecified atom stereocenters. The highest BCUT2D eigenvalue weighted by Gasteiger charge is 2.30. The second-order valence-electron chi connectivity index (χ2n) is 9.63. The van der Waals surface area contributed by atoms with Crippen molar-refractivity contribution < 1.29 is 14.3 Å². The Balaban J connectivity index is 1.85. The molecule has 0 radical (unpaired) electrons. The van der Waals surface area contributed by atoms with Crippen molar-refractivity contribution in [3.05, 3.63) is 95.6 Å². The van der Waals surface area contributed by atoms with Crippen molar-refractivity contribution in [2.45, 2.75) is 51.1 Å². The Morgan fingerprint density at radius 2 is 1.65 bits per heavy atom. The fraction of sp³-hybridized carbons (Fsp3) is 0.355. The largest absolute Gasteiger partial charge is 0.497 e. The number of rotatable bonds is 13. The van der Waals surface area contributed by atoms with E-state index < -0.39 is 6.04 Å². The first kappa shape index (κ1) is 28.3. The number of hydrogen-bond donors (Lipinski definition) is 1. The smallest absolute Gasteiger partial charge is 0.243 e. The molecule has 6 heteroatoms. The summed E-state index contributed by atoms with van der Waals surface area (Å²) in [4.78, 5) is 30.1. The highest BCUT2D eigenvalue weighted by atomic mass is 32.2. The van der Waals surface area contributed by atoms with E-state index in [2.05, 4.69) is 50.4 Å². The number of hydrogen-bond acceptors (Lipinski definition) is 4. The Morgan fingerprint density at radius 1 is 0.946 bits per heavy atom. The van der Waals surface area contributed by atoms with Crippen LogP contribution in [0.2, 0.25) is 0 Å². The minimum atomic E-state index is -0.621. The second-order valence-corrected chi connectivity index (χ2v) is 10.8. The van der Waals surface area contributed by atoms with Gasteiger partial charge in [-0.2, -0.15) is 0 Å². The Bertz CT molecular complexity index is 1130. The molecule has 0 saturated carbocycles. The maximum Gasteiger partial charge on any atom is 0.243 e. The van der Waals surface area contributed by atoms with Crippen LogP contribution in [0.1, 0.15) is 37.0 Å². The number of benzene rings is 3. The summed E-state index contributed by atoms with van der Waals surface area (Å²) < 4.78 is 5.40. The Labute approximate surface area is 225 Å². The van der Waals surface area contributed by atoms with E-state index in [9.17, 15) is 9.59 Å².